The number of fused-ring (bicyclic) bond motifs is 2. The topological polar surface area (TPSA) is 136 Å². The summed E-state index contributed by atoms with van der Waals surface area (Å²) in [6.07, 6.45) is 0.594. The third-order valence-electron chi connectivity index (χ3n) is 9.19. The summed E-state index contributed by atoms with van der Waals surface area (Å²) in [5.41, 5.74) is 1.74. The van der Waals surface area contributed by atoms with Gasteiger partial charge in [0.25, 0.3) is 17.4 Å². The number of amides is 4. The van der Waals surface area contributed by atoms with E-state index in [9.17, 15) is 28.4 Å². The summed E-state index contributed by atoms with van der Waals surface area (Å²) >= 11 is 0. The van der Waals surface area contributed by atoms with Crippen LogP contribution in [-0.2, 0) is 29.1 Å². The molecule has 2 fully saturated rings. The average Bonchev–Trinajstić information content (AvgIpc) is 3.41. The Morgan fingerprint density at radius 1 is 0.936 bits per heavy atom. The number of imide groups is 1. The molecule has 0 saturated carbocycles. The van der Waals surface area contributed by atoms with Crippen LogP contribution < -0.4 is 10.9 Å². The second kappa shape index (κ2) is 12.1. The number of aromatic amines is 1. The van der Waals surface area contributed by atoms with Crippen LogP contribution in [0.15, 0.2) is 59.4 Å². The normalized spacial score (nSPS) is 18.5. The van der Waals surface area contributed by atoms with E-state index >= 15 is 4.39 Å². The van der Waals surface area contributed by atoms with Gasteiger partial charge < -0.3 is 9.80 Å². The van der Waals surface area contributed by atoms with Gasteiger partial charge in [0.1, 0.15) is 17.7 Å². The summed E-state index contributed by atoms with van der Waals surface area (Å²) in [5.74, 6) is -2.97. The van der Waals surface area contributed by atoms with E-state index in [-0.39, 0.29) is 54.6 Å². The molecule has 0 aliphatic carbocycles. The van der Waals surface area contributed by atoms with E-state index in [0.29, 0.717) is 53.8 Å². The lowest BCUT2D eigenvalue weighted by molar-refractivity contribution is -0.136. The van der Waals surface area contributed by atoms with Crippen molar-refractivity contribution in [1.82, 2.24) is 30.2 Å². The van der Waals surface area contributed by atoms with Gasteiger partial charge in [-0.25, -0.2) is 13.9 Å². The van der Waals surface area contributed by atoms with Crippen LogP contribution in [0.4, 0.5) is 8.78 Å². The summed E-state index contributed by atoms with van der Waals surface area (Å²) in [6, 6.07) is 13.8. The molecule has 13 heteroatoms. The monoisotopic (exact) mass is 640 g/mol. The number of rotatable bonds is 6. The molecule has 4 heterocycles. The smallest absolute Gasteiger partial charge is 0.272 e. The molecule has 1 unspecified atom stereocenters. The van der Waals surface area contributed by atoms with Gasteiger partial charge in [0.15, 0.2) is 0 Å². The van der Waals surface area contributed by atoms with Crippen molar-refractivity contribution < 1.29 is 28.0 Å². The van der Waals surface area contributed by atoms with Gasteiger partial charge in [0.05, 0.1) is 23.2 Å². The van der Waals surface area contributed by atoms with E-state index in [0.717, 1.165) is 0 Å². The number of carbonyl (C=O) groups excluding carboxylic acids is 4. The molecule has 240 valence electrons. The minimum Gasteiger partial charge on any atom is -0.336 e. The van der Waals surface area contributed by atoms with Crippen LogP contribution in [0.5, 0.6) is 0 Å². The Kier molecular flexibility index (Phi) is 7.84. The molecule has 4 amide bonds. The van der Waals surface area contributed by atoms with Gasteiger partial charge >= 0.3 is 0 Å². The first-order valence-electron chi connectivity index (χ1n) is 15.4. The van der Waals surface area contributed by atoms with Gasteiger partial charge in [-0.2, -0.15) is 5.10 Å². The first-order valence-corrected chi connectivity index (χ1v) is 15.4. The van der Waals surface area contributed by atoms with Crippen molar-refractivity contribution in [2.24, 2.45) is 0 Å². The van der Waals surface area contributed by atoms with Crippen molar-refractivity contribution in [1.29, 1.82) is 0 Å². The van der Waals surface area contributed by atoms with Crippen molar-refractivity contribution in [3.05, 3.63) is 110 Å². The van der Waals surface area contributed by atoms with Gasteiger partial charge in [-0.1, -0.05) is 30.3 Å². The number of hydrogen-bond acceptors (Lipinski definition) is 7. The van der Waals surface area contributed by atoms with E-state index < -0.39 is 41.3 Å². The summed E-state index contributed by atoms with van der Waals surface area (Å²) in [6.45, 7) is 1.67. The molecule has 3 aliphatic heterocycles. The number of H-pyrrole nitrogens is 1. The molecule has 0 radical (unpaired) electrons. The summed E-state index contributed by atoms with van der Waals surface area (Å²) in [7, 11) is 0. The highest BCUT2D eigenvalue weighted by Gasteiger charge is 2.40. The summed E-state index contributed by atoms with van der Waals surface area (Å²) in [5, 5.41) is 10.1. The Morgan fingerprint density at radius 2 is 1.70 bits per heavy atom. The van der Waals surface area contributed by atoms with Crippen molar-refractivity contribution in [3.63, 3.8) is 0 Å². The van der Waals surface area contributed by atoms with E-state index in [1.807, 2.05) is 11.0 Å². The number of nitrogens with zero attached hydrogens (tertiary/aromatic N) is 4. The van der Waals surface area contributed by atoms with Crippen LogP contribution in [0.3, 0.4) is 0 Å². The van der Waals surface area contributed by atoms with E-state index in [2.05, 4.69) is 15.5 Å². The van der Waals surface area contributed by atoms with Crippen LogP contribution in [0.2, 0.25) is 0 Å². The molecule has 1 atom stereocenters. The zero-order valence-electron chi connectivity index (χ0n) is 25.2. The number of piperazine rings is 1. The molecule has 3 aromatic carbocycles. The SMILES string of the molecule is O=C1CCC(N2Cc3c(ccc(CN4CCN(C(=O)c5cc(Cc6n[nH]c(=O)c7ccccc67)ccc5F)CC4)c3F)C2=O)C(=O)N1. The molecule has 11 nitrogen and oxygen atoms in total. The second-order valence-electron chi connectivity index (χ2n) is 12.1. The fourth-order valence-electron chi connectivity index (χ4n) is 6.64. The molecular weight excluding hydrogens is 610 g/mol. The number of aromatic nitrogens is 2. The molecule has 3 aliphatic rings. The Hall–Kier alpha value is -5.30. The van der Waals surface area contributed by atoms with E-state index in [1.165, 1.54) is 17.0 Å². The molecule has 2 N–H and O–H groups in total. The van der Waals surface area contributed by atoms with Crippen LogP contribution in [0.25, 0.3) is 10.8 Å². The Labute approximate surface area is 267 Å². The number of halogens is 2. The maximum atomic E-state index is 15.7. The first-order chi connectivity index (χ1) is 22.7. The van der Waals surface area contributed by atoms with E-state index in [4.69, 9.17) is 0 Å². The highest BCUT2D eigenvalue weighted by atomic mass is 19.1. The number of nitrogens with one attached hydrogen (secondary N) is 2. The molecule has 0 bridgehead atoms. The first kappa shape index (κ1) is 30.4. The van der Waals surface area contributed by atoms with Crippen LogP contribution in [-0.4, -0.2) is 80.7 Å². The summed E-state index contributed by atoms with van der Waals surface area (Å²) < 4.78 is 30.6. The number of carbonyl (C=O) groups is 4. The summed E-state index contributed by atoms with van der Waals surface area (Å²) in [4.78, 5) is 67.3. The van der Waals surface area contributed by atoms with Crippen LogP contribution >= 0.6 is 0 Å². The van der Waals surface area contributed by atoms with Gasteiger partial charge in [-0.15, -0.1) is 0 Å². The molecule has 7 rings (SSSR count). The average molecular weight is 641 g/mol. The third kappa shape index (κ3) is 5.67. The maximum absolute atomic E-state index is 15.7. The zero-order chi connectivity index (χ0) is 32.8. The number of benzene rings is 3. The van der Waals surface area contributed by atoms with Crippen molar-refractivity contribution in [2.75, 3.05) is 26.2 Å². The Bertz CT molecular complexity index is 2020. The highest BCUT2D eigenvalue weighted by Crippen LogP contribution is 2.31. The van der Waals surface area contributed by atoms with Crippen molar-refractivity contribution in [3.8, 4) is 0 Å². The lowest BCUT2D eigenvalue weighted by atomic mass is 10.0. The zero-order valence-corrected chi connectivity index (χ0v) is 25.2. The van der Waals surface area contributed by atoms with Crippen LogP contribution in [0, 0.1) is 11.6 Å². The van der Waals surface area contributed by atoms with Gasteiger partial charge in [0.2, 0.25) is 11.8 Å². The lowest BCUT2D eigenvalue weighted by Gasteiger charge is -2.35. The Morgan fingerprint density at radius 3 is 2.47 bits per heavy atom. The Balaban J connectivity index is 1.00. The predicted octanol–water partition coefficient (Wildman–Crippen LogP) is 2.51. The van der Waals surface area contributed by atoms with Gasteiger partial charge in [-0.05, 0) is 36.2 Å². The second-order valence-corrected chi connectivity index (χ2v) is 12.1. The molecule has 47 heavy (non-hydrogen) atoms. The predicted molar refractivity (Wildman–Crippen MR) is 165 cm³/mol. The van der Waals surface area contributed by atoms with E-state index in [1.54, 1.807) is 41.3 Å². The largest absolute Gasteiger partial charge is 0.336 e. The molecular formula is C34H30F2N6O5. The lowest BCUT2D eigenvalue weighted by Crippen LogP contribution is -2.52. The minimum absolute atomic E-state index is 0.0540. The molecule has 1 aromatic heterocycles. The third-order valence-corrected chi connectivity index (χ3v) is 9.19. The van der Waals surface area contributed by atoms with Crippen molar-refractivity contribution in [2.45, 2.75) is 38.4 Å². The molecule has 2 saturated heterocycles. The maximum Gasteiger partial charge on any atom is 0.272 e. The quantitative estimate of drug-likeness (QED) is 0.309. The number of piperidine rings is 1. The standard InChI is InChI=1S/C34H30F2N6O5/c35-26-8-5-19(16-27-21-3-1-2-4-22(21)31(44)39-38-27)15-24(26)33(46)41-13-11-40(12-14-41)17-20-6-7-23-25(30(20)36)18-42(34(23)47)28-9-10-29(43)37-32(28)45/h1-8,15,28H,9-14,16-18H2,(H,39,44)(H,37,43,45). The molecule has 0 spiro atoms. The number of hydrogen-bond donors (Lipinski definition) is 2. The van der Waals surface area contributed by atoms with Crippen molar-refractivity contribution >= 4 is 34.4 Å². The van der Waals surface area contributed by atoms with Crippen LogP contribution in [0.1, 0.15) is 55.9 Å². The molecule has 4 aromatic rings. The fourth-order valence-corrected chi connectivity index (χ4v) is 6.64. The fraction of sp³-hybridized carbons (Fsp3) is 0.294. The van der Waals surface area contributed by atoms with Gasteiger partial charge in [-0.3, -0.25) is 34.2 Å². The minimum atomic E-state index is -0.827. The highest BCUT2D eigenvalue weighted by molar-refractivity contribution is 6.05. The van der Waals surface area contributed by atoms with Gasteiger partial charge in [0, 0.05) is 67.6 Å².